The second-order valence-corrected chi connectivity index (χ2v) is 6.22. The van der Waals surface area contributed by atoms with Crippen molar-refractivity contribution < 1.29 is 19.1 Å². The average Bonchev–Trinajstić information content (AvgIpc) is 2.75. The predicted octanol–water partition coefficient (Wildman–Crippen LogP) is 1.51. The molecule has 0 fully saturated rings. The third-order valence-corrected chi connectivity index (χ3v) is 3.94. The molecule has 2 rings (SSSR count). The summed E-state index contributed by atoms with van der Waals surface area (Å²) in [6.45, 7) is 2.14. The highest BCUT2D eigenvalue weighted by molar-refractivity contribution is 6.35. The first-order chi connectivity index (χ1) is 14.0. The molecule has 0 aliphatic carbocycles. The first-order valence-corrected chi connectivity index (χ1v) is 9.03. The molecule has 2 aromatic carbocycles. The van der Waals surface area contributed by atoms with Crippen molar-refractivity contribution in [2.45, 2.75) is 26.4 Å². The summed E-state index contributed by atoms with van der Waals surface area (Å²) in [5.41, 5.74) is 4.24. The number of carbonyl (C=O) groups excluding carboxylic acids is 3. The zero-order valence-corrected chi connectivity index (χ0v) is 16.4. The summed E-state index contributed by atoms with van der Waals surface area (Å²) >= 11 is 0. The molecule has 0 heterocycles. The first-order valence-electron chi connectivity index (χ1n) is 9.03. The molecule has 8 nitrogen and oxygen atoms in total. The van der Waals surface area contributed by atoms with Gasteiger partial charge < -0.3 is 15.4 Å². The van der Waals surface area contributed by atoms with E-state index in [0.29, 0.717) is 18.0 Å². The Bertz CT molecular complexity index is 881. The van der Waals surface area contributed by atoms with Gasteiger partial charge in [-0.1, -0.05) is 48.5 Å². The van der Waals surface area contributed by atoms with Crippen LogP contribution in [-0.2, 0) is 27.5 Å². The lowest BCUT2D eigenvalue weighted by Gasteiger charge is -2.09. The van der Waals surface area contributed by atoms with Crippen LogP contribution in [0.4, 0.5) is 0 Å². The Balaban J connectivity index is 1.74. The number of nitrogens with one attached hydrogen (secondary N) is 3. The Morgan fingerprint density at radius 3 is 2.31 bits per heavy atom. The molecule has 29 heavy (non-hydrogen) atoms. The molecule has 0 aliphatic heterocycles. The van der Waals surface area contributed by atoms with Crippen LogP contribution in [0.15, 0.2) is 59.7 Å². The molecule has 0 spiro atoms. The number of hydrogen-bond donors (Lipinski definition) is 3. The SMILES string of the molecule is COc1ccccc1CNC(=O)CC(C)=NNC(=O)C(=O)NCc1ccccc1. The van der Waals surface area contributed by atoms with E-state index < -0.39 is 11.8 Å². The normalized spacial score (nSPS) is 10.8. The minimum Gasteiger partial charge on any atom is -0.496 e. The highest BCUT2D eigenvalue weighted by atomic mass is 16.5. The zero-order chi connectivity index (χ0) is 21.1. The fourth-order valence-electron chi connectivity index (χ4n) is 2.43. The van der Waals surface area contributed by atoms with Crippen molar-refractivity contribution in [3.8, 4) is 5.75 Å². The Labute approximate surface area is 169 Å². The fourth-order valence-corrected chi connectivity index (χ4v) is 2.43. The fraction of sp³-hybridized carbons (Fsp3) is 0.238. The quantitative estimate of drug-likeness (QED) is 0.357. The van der Waals surface area contributed by atoms with Crippen LogP contribution in [0, 0.1) is 0 Å². The van der Waals surface area contributed by atoms with Crippen LogP contribution >= 0.6 is 0 Å². The Kier molecular flexibility index (Phi) is 8.37. The van der Waals surface area contributed by atoms with Gasteiger partial charge in [0.2, 0.25) is 5.91 Å². The lowest BCUT2D eigenvalue weighted by atomic mass is 10.2. The monoisotopic (exact) mass is 396 g/mol. The summed E-state index contributed by atoms with van der Waals surface area (Å²) in [6, 6.07) is 16.6. The smallest absolute Gasteiger partial charge is 0.329 e. The summed E-state index contributed by atoms with van der Waals surface area (Å²) in [5, 5.41) is 9.06. The van der Waals surface area contributed by atoms with E-state index in [0.717, 1.165) is 11.1 Å². The van der Waals surface area contributed by atoms with E-state index >= 15 is 0 Å². The Hall–Kier alpha value is -3.68. The maximum Gasteiger partial charge on any atom is 0.329 e. The van der Waals surface area contributed by atoms with Crippen LogP contribution in [0.3, 0.4) is 0 Å². The zero-order valence-electron chi connectivity index (χ0n) is 16.4. The van der Waals surface area contributed by atoms with Gasteiger partial charge in [-0.3, -0.25) is 14.4 Å². The van der Waals surface area contributed by atoms with Gasteiger partial charge in [-0.05, 0) is 18.6 Å². The van der Waals surface area contributed by atoms with E-state index in [1.807, 2.05) is 54.6 Å². The molecule has 0 bridgehead atoms. The first kappa shape index (κ1) is 21.6. The van der Waals surface area contributed by atoms with Gasteiger partial charge in [0, 0.05) is 24.4 Å². The van der Waals surface area contributed by atoms with E-state index in [9.17, 15) is 14.4 Å². The predicted molar refractivity (Wildman–Crippen MR) is 109 cm³/mol. The van der Waals surface area contributed by atoms with Gasteiger partial charge in [0.25, 0.3) is 0 Å². The van der Waals surface area contributed by atoms with Gasteiger partial charge in [0.05, 0.1) is 13.5 Å². The number of ether oxygens (including phenoxy) is 1. The van der Waals surface area contributed by atoms with Crippen molar-refractivity contribution >= 4 is 23.4 Å². The van der Waals surface area contributed by atoms with Crippen molar-refractivity contribution in [1.29, 1.82) is 0 Å². The number of methoxy groups -OCH3 is 1. The van der Waals surface area contributed by atoms with Crippen LogP contribution in [0.5, 0.6) is 5.75 Å². The number of benzene rings is 2. The second-order valence-electron chi connectivity index (χ2n) is 6.22. The standard InChI is InChI=1S/C21H24N4O4/c1-15(12-19(26)22-14-17-10-6-7-11-18(17)29-2)24-25-21(28)20(27)23-13-16-8-4-3-5-9-16/h3-11H,12-14H2,1-2H3,(H,22,26)(H,23,27)(H,25,28). The van der Waals surface area contributed by atoms with E-state index in [-0.39, 0.29) is 18.9 Å². The van der Waals surface area contributed by atoms with Crippen LogP contribution in [-0.4, -0.2) is 30.5 Å². The molecule has 0 saturated carbocycles. The van der Waals surface area contributed by atoms with E-state index in [2.05, 4.69) is 21.2 Å². The van der Waals surface area contributed by atoms with Gasteiger partial charge in [0.1, 0.15) is 5.75 Å². The van der Waals surface area contributed by atoms with Crippen molar-refractivity contribution in [3.63, 3.8) is 0 Å². The van der Waals surface area contributed by atoms with Gasteiger partial charge in [-0.2, -0.15) is 5.10 Å². The molecule has 0 saturated heterocycles. The van der Waals surface area contributed by atoms with E-state index in [4.69, 9.17) is 4.74 Å². The lowest BCUT2D eigenvalue weighted by Crippen LogP contribution is -2.37. The summed E-state index contributed by atoms with van der Waals surface area (Å²) in [4.78, 5) is 35.6. The van der Waals surface area contributed by atoms with Gasteiger partial charge in [0.15, 0.2) is 0 Å². The average molecular weight is 396 g/mol. The molecule has 0 aliphatic rings. The number of hydrazone groups is 1. The van der Waals surface area contributed by atoms with Crippen LogP contribution in [0.25, 0.3) is 0 Å². The third kappa shape index (κ3) is 7.45. The summed E-state index contributed by atoms with van der Waals surface area (Å²) in [5.74, 6) is -1.27. The number of amides is 3. The second kappa shape index (κ2) is 11.2. The lowest BCUT2D eigenvalue weighted by molar-refractivity contribution is -0.139. The number of nitrogens with zero attached hydrogens (tertiary/aromatic N) is 1. The third-order valence-electron chi connectivity index (χ3n) is 3.94. The molecular weight excluding hydrogens is 372 g/mol. The van der Waals surface area contributed by atoms with Crippen molar-refractivity contribution in [3.05, 3.63) is 65.7 Å². The van der Waals surface area contributed by atoms with Gasteiger partial charge in [-0.25, -0.2) is 5.43 Å². The number of para-hydroxylation sites is 1. The van der Waals surface area contributed by atoms with Crippen LogP contribution < -0.4 is 20.8 Å². The van der Waals surface area contributed by atoms with Crippen molar-refractivity contribution in [2.24, 2.45) is 5.10 Å². The van der Waals surface area contributed by atoms with E-state index in [1.165, 1.54) is 0 Å². The van der Waals surface area contributed by atoms with Crippen LogP contribution in [0.1, 0.15) is 24.5 Å². The van der Waals surface area contributed by atoms with Gasteiger partial charge >= 0.3 is 11.8 Å². The van der Waals surface area contributed by atoms with Gasteiger partial charge in [-0.15, -0.1) is 0 Å². The van der Waals surface area contributed by atoms with Crippen molar-refractivity contribution in [1.82, 2.24) is 16.1 Å². The molecular formula is C21H24N4O4. The minimum absolute atomic E-state index is 0.0128. The molecule has 8 heteroatoms. The maximum absolute atomic E-state index is 12.0. The summed E-state index contributed by atoms with van der Waals surface area (Å²) < 4.78 is 5.23. The molecule has 3 amide bonds. The van der Waals surface area contributed by atoms with Crippen molar-refractivity contribution in [2.75, 3.05) is 7.11 Å². The number of hydrogen-bond acceptors (Lipinski definition) is 5. The maximum atomic E-state index is 12.0. The van der Waals surface area contributed by atoms with E-state index in [1.54, 1.807) is 14.0 Å². The Morgan fingerprint density at radius 1 is 0.897 bits per heavy atom. The van der Waals surface area contributed by atoms with Crippen LogP contribution in [0.2, 0.25) is 0 Å². The molecule has 2 aromatic rings. The molecule has 0 aromatic heterocycles. The number of carbonyl (C=O) groups is 3. The number of rotatable bonds is 8. The highest BCUT2D eigenvalue weighted by Crippen LogP contribution is 2.16. The summed E-state index contributed by atoms with van der Waals surface area (Å²) in [6.07, 6.45) is -0.0128. The highest BCUT2D eigenvalue weighted by Gasteiger charge is 2.13. The molecule has 152 valence electrons. The molecule has 0 atom stereocenters. The molecule has 0 radical (unpaired) electrons. The summed E-state index contributed by atoms with van der Waals surface area (Å²) in [7, 11) is 1.57. The topological polar surface area (TPSA) is 109 Å². The Morgan fingerprint density at radius 2 is 1.59 bits per heavy atom. The molecule has 3 N–H and O–H groups in total. The molecule has 0 unspecified atom stereocenters. The largest absolute Gasteiger partial charge is 0.496 e. The minimum atomic E-state index is -0.894.